The summed E-state index contributed by atoms with van der Waals surface area (Å²) in [5, 5.41) is 11.3. The number of allylic oxidation sites excluding steroid dienone is 1. The van der Waals surface area contributed by atoms with Crippen LogP contribution in [0.1, 0.15) is 74.4 Å². The quantitative estimate of drug-likeness (QED) is 0.291. The Hall–Kier alpha value is -2.35. The Morgan fingerprint density at radius 3 is 2.77 bits per heavy atom. The molecule has 2 bridgehead atoms. The van der Waals surface area contributed by atoms with Crippen molar-refractivity contribution >= 4 is 33.8 Å². The number of aryl methyl sites for hydroxylation is 1. The summed E-state index contributed by atoms with van der Waals surface area (Å²) >= 11 is 6.37. The zero-order chi connectivity index (χ0) is 27.9. The fourth-order valence-corrected chi connectivity index (χ4v) is 6.35. The first-order valence-electron chi connectivity index (χ1n) is 14.1. The minimum Gasteiger partial charge on any atom is -0.491 e. The number of ether oxygens (including phenoxy) is 1. The van der Waals surface area contributed by atoms with Gasteiger partial charge in [0.05, 0.1) is 18.4 Å². The Kier molecular flexibility index (Phi) is 10.5. The average Bonchev–Trinajstić information content (AvgIpc) is 2.94. The highest BCUT2D eigenvalue weighted by atomic mass is 35.5. The monoisotopic (exact) mass is 571 g/mol. The molecular formula is C31H40ClN2O4S-. The van der Waals surface area contributed by atoms with Crippen LogP contribution in [0.3, 0.4) is 0 Å². The van der Waals surface area contributed by atoms with E-state index >= 15 is 0 Å². The average molecular weight is 572 g/mol. The van der Waals surface area contributed by atoms with Crippen molar-refractivity contribution in [2.75, 3.05) is 18.1 Å². The molecule has 212 valence electrons. The lowest BCUT2D eigenvalue weighted by Crippen LogP contribution is -2.31. The maximum absolute atomic E-state index is 13.2. The molecule has 39 heavy (non-hydrogen) atoms. The van der Waals surface area contributed by atoms with Gasteiger partial charge < -0.3 is 23.3 Å². The van der Waals surface area contributed by atoms with Crippen LogP contribution in [0, 0.1) is 11.8 Å². The molecule has 0 aromatic heterocycles. The summed E-state index contributed by atoms with van der Waals surface area (Å²) in [6.07, 6.45) is 8.21. The standard InChI is InChI=1S/C31H40ClN2O4S/c1-4-23-16-28(35)10-7-8-21(2)22(3)39(37)33-31(36)25-12-14-30-29(18-25)34(19-23)20-26-11-13-27(32)17-24(26)9-5-6-15-38-30/h7,10-14,17-18,21-23,28,35H,4-6,8-9,15-16,19-20H2,1-3H3/q-1/b10-7+/t21-,22+,23+,28-/m0/s1. The lowest BCUT2D eigenvalue weighted by molar-refractivity contribution is 0.100. The number of carbonyl (C=O) groups is 1. The fourth-order valence-electron chi connectivity index (χ4n) is 5.21. The van der Waals surface area contributed by atoms with Gasteiger partial charge in [0.1, 0.15) is 5.75 Å². The van der Waals surface area contributed by atoms with E-state index in [2.05, 4.69) is 28.3 Å². The molecule has 2 heterocycles. The third-order valence-electron chi connectivity index (χ3n) is 7.96. The van der Waals surface area contributed by atoms with Gasteiger partial charge in [-0.1, -0.05) is 68.2 Å². The number of carbonyl (C=O) groups excluding carboxylic acids is 1. The van der Waals surface area contributed by atoms with Gasteiger partial charge in [0, 0.05) is 23.7 Å². The molecule has 0 spiro atoms. The van der Waals surface area contributed by atoms with Crippen molar-refractivity contribution in [1.29, 1.82) is 0 Å². The van der Waals surface area contributed by atoms with Gasteiger partial charge in [-0.3, -0.25) is 4.79 Å². The Morgan fingerprint density at radius 1 is 1.15 bits per heavy atom. The SMILES string of the molecule is CC[C@@H]1C[C@@H](O)/C=C/C[C@H](C)[C@@H](C)[S-](=O)=NC(=O)c2ccc3c(c2)N(Cc2ccc(Cl)cc2CCCCO3)C1. The number of fused-ring (bicyclic) bond motifs is 2. The Balaban J connectivity index is 1.84. The molecule has 8 heteroatoms. The summed E-state index contributed by atoms with van der Waals surface area (Å²) in [5.41, 5.74) is 3.60. The van der Waals surface area contributed by atoms with Crippen LogP contribution in [0.2, 0.25) is 5.02 Å². The van der Waals surface area contributed by atoms with Gasteiger partial charge in [0.15, 0.2) is 0 Å². The summed E-state index contributed by atoms with van der Waals surface area (Å²) in [5.74, 6) is 0.481. The van der Waals surface area contributed by atoms with Crippen molar-refractivity contribution in [3.8, 4) is 5.75 Å². The number of hydrogen-bond acceptors (Lipinski definition) is 6. The second-order valence-electron chi connectivity index (χ2n) is 10.9. The highest BCUT2D eigenvalue weighted by molar-refractivity contribution is 7.75. The number of aliphatic hydroxyl groups excluding tert-OH is 1. The van der Waals surface area contributed by atoms with Crippen LogP contribution >= 0.6 is 11.6 Å². The summed E-state index contributed by atoms with van der Waals surface area (Å²) in [7, 11) is -1.67. The van der Waals surface area contributed by atoms with E-state index in [0.29, 0.717) is 43.9 Å². The zero-order valence-electron chi connectivity index (χ0n) is 23.1. The molecule has 2 aliphatic heterocycles. The summed E-state index contributed by atoms with van der Waals surface area (Å²) in [4.78, 5) is 15.5. The van der Waals surface area contributed by atoms with E-state index in [1.54, 1.807) is 6.07 Å². The minimum absolute atomic E-state index is 0.0468. The molecule has 2 aliphatic rings. The van der Waals surface area contributed by atoms with Gasteiger partial charge in [0.2, 0.25) is 0 Å². The van der Waals surface area contributed by atoms with Crippen LogP contribution in [0.5, 0.6) is 5.75 Å². The van der Waals surface area contributed by atoms with E-state index in [4.69, 9.17) is 16.3 Å². The predicted molar refractivity (Wildman–Crippen MR) is 159 cm³/mol. The molecule has 1 N–H and O–H groups in total. The molecule has 0 saturated carbocycles. The van der Waals surface area contributed by atoms with E-state index in [0.717, 1.165) is 36.4 Å². The van der Waals surface area contributed by atoms with Crippen LogP contribution in [-0.2, 0) is 27.8 Å². The van der Waals surface area contributed by atoms with Crippen LogP contribution in [0.25, 0.3) is 0 Å². The Bertz CT molecular complexity index is 1270. The summed E-state index contributed by atoms with van der Waals surface area (Å²) in [6.45, 7) is 7.85. The van der Waals surface area contributed by atoms with Gasteiger partial charge in [0.25, 0.3) is 5.91 Å². The van der Waals surface area contributed by atoms with Crippen molar-refractivity contribution < 1.29 is 18.8 Å². The van der Waals surface area contributed by atoms with Gasteiger partial charge in [-0.05, 0) is 79.5 Å². The van der Waals surface area contributed by atoms with E-state index in [1.165, 1.54) is 11.1 Å². The topological polar surface area (TPSA) is 79.2 Å². The molecule has 6 nitrogen and oxygen atoms in total. The van der Waals surface area contributed by atoms with Crippen molar-refractivity contribution in [2.45, 2.75) is 77.2 Å². The molecular weight excluding hydrogens is 532 g/mol. The van der Waals surface area contributed by atoms with E-state index in [1.807, 2.05) is 44.2 Å². The minimum atomic E-state index is -1.67. The van der Waals surface area contributed by atoms with E-state index in [9.17, 15) is 14.1 Å². The molecule has 1 amide bonds. The normalized spacial score (nSPS) is 26.5. The molecule has 2 aromatic carbocycles. The number of anilines is 1. The maximum atomic E-state index is 13.2. The number of nitrogens with zero attached hydrogens (tertiary/aromatic N) is 2. The first-order chi connectivity index (χ1) is 18.7. The van der Waals surface area contributed by atoms with Crippen molar-refractivity contribution in [3.63, 3.8) is 0 Å². The molecule has 0 aliphatic carbocycles. The summed E-state index contributed by atoms with van der Waals surface area (Å²) in [6, 6.07) is 11.4. The fraction of sp³-hybridized carbons (Fsp3) is 0.516. The molecule has 4 atom stereocenters. The number of rotatable bonds is 1. The number of amides is 1. The summed E-state index contributed by atoms with van der Waals surface area (Å²) < 4.78 is 23.3. The molecule has 0 fully saturated rings. The number of halogens is 1. The largest absolute Gasteiger partial charge is 0.491 e. The molecule has 0 saturated heterocycles. The Morgan fingerprint density at radius 2 is 1.97 bits per heavy atom. The molecule has 4 rings (SSSR count). The highest BCUT2D eigenvalue weighted by Gasteiger charge is 2.23. The Labute approximate surface area is 239 Å². The second kappa shape index (κ2) is 13.8. The van der Waals surface area contributed by atoms with Crippen LogP contribution in [0.4, 0.5) is 5.69 Å². The third kappa shape index (κ3) is 7.86. The van der Waals surface area contributed by atoms with Gasteiger partial charge >= 0.3 is 0 Å². The van der Waals surface area contributed by atoms with Crippen molar-refractivity contribution in [3.05, 3.63) is 70.3 Å². The molecule has 2 aromatic rings. The maximum Gasteiger partial charge on any atom is 0.254 e. The third-order valence-corrected chi connectivity index (χ3v) is 9.64. The highest BCUT2D eigenvalue weighted by Crippen LogP contribution is 2.35. The smallest absolute Gasteiger partial charge is 0.254 e. The van der Waals surface area contributed by atoms with Crippen molar-refractivity contribution in [1.82, 2.24) is 0 Å². The number of hydrogen-bond donors (Lipinski definition) is 1. The predicted octanol–water partition coefficient (Wildman–Crippen LogP) is 7.11. The van der Waals surface area contributed by atoms with E-state index in [-0.39, 0.29) is 17.1 Å². The molecule has 0 radical (unpaired) electrons. The second-order valence-corrected chi connectivity index (χ2v) is 12.8. The lowest BCUT2D eigenvalue weighted by atomic mass is 9.95. The van der Waals surface area contributed by atoms with Crippen LogP contribution in [0.15, 0.2) is 52.9 Å². The lowest BCUT2D eigenvalue weighted by Gasteiger charge is -2.32. The van der Waals surface area contributed by atoms with E-state index < -0.39 is 22.6 Å². The van der Waals surface area contributed by atoms with Crippen LogP contribution in [-0.4, -0.2) is 35.5 Å². The van der Waals surface area contributed by atoms with Crippen LogP contribution < -0.4 is 9.64 Å². The van der Waals surface area contributed by atoms with Gasteiger partial charge in [-0.25, -0.2) is 0 Å². The zero-order valence-corrected chi connectivity index (χ0v) is 24.7. The number of benzene rings is 2. The molecule has 0 unspecified atom stereocenters. The van der Waals surface area contributed by atoms with Gasteiger partial charge in [-0.15, -0.1) is 0 Å². The first kappa shape index (κ1) is 29.6. The van der Waals surface area contributed by atoms with Gasteiger partial charge in [-0.2, -0.15) is 10.6 Å². The number of aliphatic hydroxyl groups is 1. The first-order valence-corrected chi connectivity index (χ1v) is 15.6. The van der Waals surface area contributed by atoms with Crippen molar-refractivity contribution in [2.24, 2.45) is 16.2 Å².